The summed E-state index contributed by atoms with van der Waals surface area (Å²) in [6.07, 6.45) is 2.49. The molecular formula is C18H12F2N4O3. The van der Waals surface area contributed by atoms with Gasteiger partial charge >= 0.3 is 0 Å². The number of hydrogen-bond acceptors (Lipinski definition) is 6. The molecule has 2 N–H and O–H groups in total. The fourth-order valence-electron chi connectivity index (χ4n) is 2.42. The predicted octanol–water partition coefficient (Wildman–Crippen LogP) is 3.48. The minimum Gasteiger partial charge on any atom is -0.454 e. The van der Waals surface area contributed by atoms with Crippen LogP contribution in [-0.4, -0.2) is 22.7 Å². The molecule has 7 nitrogen and oxygen atoms in total. The Bertz CT molecular complexity index is 992. The lowest BCUT2D eigenvalue weighted by Gasteiger charge is -2.08. The van der Waals surface area contributed by atoms with Crippen LogP contribution < -0.4 is 20.1 Å². The third kappa shape index (κ3) is 3.47. The van der Waals surface area contributed by atoms with Gasteiger partial charge in [-0.2, -0.15) is 0 Å². The number of benzene rings is 2. The van der Waals surface area contributed by atoms with Crippen LogP contribution in [-0.2, 0) is 0 Å². The van der Waals surface area contributed by atoms with Crippen LogP contribution in [0.15, 0.2) is 48.8 Å². The molecule has 2 aromatic carbocycles. The first-order valence-electron chi connectivity index (χ1n) is 7.84. The Morgan fingerprint density at radius 2 is 1.70 bits per heavy atom. The summed E-state index contributed by atoms with van der Waals surface area (Å²) in [4.78, 5) is 20.2. The molecule has 136 valence electrons. The second-order valence-electron chi connectivity index (χ2n) is 5.54. The van der Waals surface area contributed by atoms with Crippen molar-refractivity contribution in [1.29, 1.82) is 0 Å². The smallest absolute Gasteiger partial charge is 0.258 e. The fraction of sp³-hybridized carbons (Fsp3) is 0.0556. The molecule has 3 aromatic rings. The molecule has 4 rings (SSSR count). The van der Waals surface area contributed by atoms with E-state index in [4.69, 9.17) is 9.47 Å². The van der Waals surface area contributed by atoms with Gasteiger partial charge in [-0.05, 0) is 24.3 Å². The van der Waals surface area contributed by atoms with Gasteiger partial charge in [-0.15, -0.1) is 0 Å². The molecule has 2 heterocycles. The molecule has 0 atom stereocenters. The van der Waals surface area contributed by atoms with Crippen molar-refractivity contribution < 1.29 is 23.0 Å². The van der Waals surface area contributed by atoms with Crippen LogP contribution >= 0.6 is 0 Å². The zero-order chi connectivity index (χ0) is 18.8. The van der Waals surface area contributed by atoms with Crippen molar-refractivity contribution in [2.45, 2.75) is 0 Å². The van der Waals surface area contributed by atoms with Crippen molar-refractivity contribution in [3.05, 3.63) is 66.0 Å². The molecular weight excluding hydrogens is 358 g/mol. The first-order valence-corrected chi connectivity index (χ1v) is 7.84. The van der Waals surface area contributed by atoms with E-state index in [0.717, 1.165) is 12.1 Å². The van der Waals surface area contributed by atoms with Gasteiger partial charge in [0, 0.05) is 24.1 Å². The van der Waals surface area contributed by atoms with Crippen LogP contribution in [0, 0.1) is 11.6 Å². The Balaban J connectivity index is 1.46. The molecule has 1 aromatic heterocycles. The summed E-state index contributed by atoms with van der Waals surface area (Å²) in [5.74, 6) is -0.983. The highest BCUT2D eigenvalue weighted by molar-refractivity contribution is 6.04. The van der Waals surface area contributed by atoms with Gasteiger partial charge in [0.15, 0.2) is 11.5 Å². The number of rotatable bonds is 4. The van der Waals surface area contributed by atoms with Gasteiger partial charge in [-0.3, -0.25) is 4.79 Å². The van der Waals surface area contributed by atoms with Gasteiger partial charge in [0.2, 0.25) is 12.7 Å². The van der Waals surface area contributed by atoms with Gasteiger partial charge < -0.3 is 20.1 Å². The van der Waals surface area contributed by atoms with Crippen molar-refractivity contribution in [1.82, 2.24) is 9.97 Å². The number of carbonyl (C=O) groups excluding carboxylic acids is 1. The first-order chi connectivity index (χ1) is 13.1. The quantitative estimate of drug-likeness (QED) is 0.731. The van der Waals surface area contributed by atoms with Gasteiger partial charge in [0.1, 0.15) is 17.3 Å². The summed E-state index contributed by atoms with van der Waals surface area (Å²) in [7, 11) is 0. The summed E-state index contributed by atoms with van der Waals surface area (Å²) >= 11 is 0. The number of amides is 1. The minimum absolute atomic E-state index is 0.0499. The monoisotopic (exact) mass is 370 g/mol. The topological polar surface area (TPSA) is 85.4 Å². The lowest BCUT2D eigenvalue weighted by molar-refractivity contribution is 0.102. The Morgan fingerprint density at radius 3 is 2.44 bits per heavy atom. The summed E-state index contributed by atoms with van der Waals surface area (Å²) in [5.41, 5.74) is 0.198. The van der Waals surface area contributed by atoms with E-state index in [2.05, 4.69) is 20.6 Å². The molecule has 1 aliphatic rings. The average Bonchev–Trinajstić information content (AvgIpc) is 3.13. The molecule has 0 unspecified atom stereocenters. The maximum atomic E-state index is 13.6. The molecule has 0 bridgehead atoms. The molecule has 0 spiro atoms. The lowest BCUT2D eigenvalue weighted by atomic mass is 10.2. The lowest BCUT2D eigenvalue weighted by Crippen LogP contribution is -2.15. The second kappa shape index (κ2) is 6.87. The highest BCUT2D eigenvalue weighted by Gasteiger charge is 2.15. The number of hydrogen-bond donors (Lipinski definition) is 2. The summed E-state index contributed by atoms with van der Waals surface area (Å²) in [5, 5.41) is 5.13. The maximum absolute atomic E-state index is 13.6. The van der Waals surface area contributed by atoms with Crippen molar-refractivity contribution in [3.8, 4) is 11.5 Å². The average molecular weight is 370 g/mol. The molecule has 0 fully saturated rings. The van der Waals surface area contributed by atoms with Crippen molar-refractivity contribution in [3.63, 3.8) is 0 Å². The SMILES string of the molecule is O=C(Nc1c(F)cccc1F)c1cnc(Nc2ccc3c(c2)OCO3)nc1. The zero-order valence-corrected chi connectivity index (χ0v) is 13.7. The number of carbonyl (C=O) groups is 1. The van der Waals surface area contributed by atoms with E-state index in [0.29, 0.717) is 17.2 Å². The Kier molecular flexibility index (Phi) is 4.25. The minimum atomic E-state index is -0.870. The van der Waals surface area contributed by atoms with Crippen LogP contribution in [0.3, 0.4) is 0 Å². The molecule has 0 saturated heterocycles. The van der Waals surface area contributed by atoms with Crippen LogP contribution in [0.2, 0.25) is 0 Å². The van der Waals surface area contributed by atoms with Gasteiger partial charge in [-0.25, -0.2) is 18.7 Å². The summed E-state index contributed by atoms with van der Waals surface area (Å²) in [6, 6.07) is 8.54. The van der Waals surface area contributed by atoms with Crippen molar-refractivity contribution >= 4 is 23.2 Å². The molecule has 0 radical (unpaired) electrons. The van der Waals surface area contributed by atoms with E-state index < -0.39 is 23.2 Å². The highest BCUT2D eigenvalue weighted by Crippen LogP contribution is 2.34. The highest BCUT2D eigenvalue weighted by atomic mass is 19.1. The molecule has 9 heteroatoms. The van der Waals surface area contributed by atoms with Crippen LogP contribution in [0.4, 0.5) is 26.1 Å². The Morgan fingerprint density at radius 1 is 1.00 bits per heavy atom. The van der Waals surface area contributed by atoms with Crippen LogP contribution in [0.1, 0.15) is 10.4 Å². The normalized spacial score (nSPS) is 11.9. The number of anilines is 3. The summed E-state index contributed by atoms with van der Waals surface area (Å²) < 4.78 is 37.7. The number of aromatic nitrogens is 2. The number of halogens is 2. The van der Waals surface area contributed by atoms with E-state index in [1.165, 1.54) is 18.5 Å². The number of ether oxygens (including phenoxy) is 2. The Labute approximate surface area is 152 Å². The fourth-order valence-corrected chi connectivity index (χ4v) is 2.42. The Hall–Kier alpha value is -3.75. The van der Waals surface area contributed by atoms with E-state index in [1.807, 2.05) is 0 Å². The van der Waals surface area contributed by atoms with E-state index in [9.17, 15) is 13.6 Å². The standard InChI is InChI=1S/C18H12F2N4O3/c19-12-2-1-3-13(20)16(12)24-17(25)10-7-21-18(22-8-10)23-11-4-5-14-15(6-11)27-9-26-14/h1-8H,9H2,(H,24,25)(H,21,22,23). The number of para-hydroxylation sites is 1. The van der Waals surface area contributed by atoms with E-state index >= 15 is 0 Å². The van der Waals surface area contributed by atoms with Gasteiger partial charge in [-0.1, -0.05) is 6.07 Å². The molecule has 0 aliphatic carbocycles. The van der Waals surface area contributed by atoms with Gasteiger partial charge in [0.25, 0.3) is 5.91 Å². The molecule has 27 heavy (non-hydrogen) atoms. The largest absolute Gasteiger partial charge is 0.454 e. The predicted molar refractivity (Wildman–Crippen MR) is 92.2 cm³/mol. The molecule has 1 aliphatic heterocycles. The summed E-state index contributed by atoms with van der Waals surface area (Å²) in [6.45, 7) is 0.168. The molecule has 1 amide bonds. The van der Waals surface area contributed by atoms with Gasteiger partial charge in [0.05, 0.1) is 5.56 Å². The first kappa shape index (κ1) is 16.7. The second-order valence-corrected chi connectivity index (χ2v) is 5.54. The number of nitrogens with one attached hydrogen (secondary N) is 2. The van der Waals surface area contributed by atoms with E-state index in [-0.39, 0.29) is 18.3 Å². The maximum Gasteiger partial charge on any atom is 0.258 e. The number of nitrogens with zero attached hydrogens (tertiary/aromatic N) is 2. The van der Waals surface area contributed by atoms with Crippen LogP contribution in [0.25, 0.3) is 0 Å². The molecule has 0 saturated carbocycles. The third-order valence-corrected chi connectivity index (χ3v) is 3.74. The van der Waals surface area contributed by atoms with Crippen LogP contribution in [0.5, 0.6) is 11.5 Å². The third-order valence-electron chi connectivity index (χ3n) is 3.74. The van der Waals surface area contributed by atoms with Crippen molar-refractivity contribution in [2.24, 2.45) is 0 Å². The zero-order valence-electron chi connectivity index (χ0n) is 13.7. The van der Waals surface area contributed by atoms with Crippen molar-refractivity contribution in [2.75, 3.05) is 17.4 Å². The van der Waals surface area contributed by atoms with E-state index in [1.54, 1.807) is 18.2 Å². The number of fused-ring (bicyclic) bond motifs is 1.